The highest BCUT2D eigenvalue weighted by molar-refractivity contribution is 9.10. The van der Waals surface area contributed by atoms with Crippen LogP contribution in [-0.4, -0.2) is 6.21 Å². The van der Waals surface area contributed by atoms with Crippen molar-refractivity contribution in [2.75, 3.05) is 0 Å². The van der Waals surface area contributed by atoms with Crippen molar-refractivity contribution in [3.8, 4) is 5.75 Å². The molecule has 0 saturated carbocycles. The molecule has 186 valence electrons. The Morgan fingerprint density at radius 2 is 1.14 bits per heavy atom. The van der Waals surface area contributed by atoms with Crippen LogP contribution in [0.5, 0.6) is 5.75 Å². The first kappa shape index (κ1) is 27.2. The van der Waals surface area contributed by atoms with E-state index in [1.165, 1.54) is 22.3 Å². The topological polar surface area (TPSA) is 21.6 Å². The number of nitrogens with zero attached hydrogens (tertiary/aromatic N) is 1. The zero-order chi connectivity index (χ0) is 25.7. The van der Waals surface area contributed by atoms with Gasteiger partial charge in [0.1, 0.15) is 12.4 Å². The third-order valence-electron chi connectivity index (χ3n) is 6.48. The Labute approximate surface area is 221 Å². The normalized spacial score (nSPS) is 12.0. The van der Waals surface area contributed by atoms with E-state index < -0.39 is 0 Å². The van der Waals surface area contributed by atoms with Gasteiger partial charge < -0.3 is 4.74 Å². The van der Waals surface area contributed by atoms with Crippen LogP contribution >= 0.6 is 15.9 Å². The van der Waals surface area contributed by atoms with E-state index >= 15 is 0 Å². The monoisotopic (exact) mass is 533 g/mol. The third-order valence-corrected chi connectivity index (χ3v) is 7.44. The first-order valence-corrected chi connectivity index (χ1v) is 13.6. The van der Waals surface area contributed by atoms with Crippen molar-refractivity contribution in [1.82, 2.24) is 0 Å². The molecule has 0 amide bonds. The van der Waals surface area contributed by atoms with E-state index in [9.17, 15) is 0 Å². The number of benzene rings is 3. The Balaban J connectivity index is 1.93. The van der Waals surface area contributed by atoms with Gasteiger partial charge in [-0.1, -0.05) is 110 Å². The maximum absolute atomic E-state index is 6.50. The van der Waals surface area contributed by atoms with E-state index in [2.05, 4.69) is 126 Å². The van der Waals surface area contributed by atoms with Crippen molar-refractivity contribution in [1.29, 1.82) is 0 Å². The third kappa shape index (κ3) is 6.44. The van der Waals surface area contributed by atoms with Gasteiger partial charge in [-0.15, -0.1) is 0 Å². The molecule has 3 heteroatoms. The van der Waals surface area contributed by atoms with Gasteiger partial charge in [0, 0.05) is 21.8 Å². The smallest absolute Gasteiger partial charge is 0.126 e. The van der Waals surface area contributed by atoms with E-state index in [0.29, 0.717) is 30.3 Å². The summed E-state index contributed by atoms with van der Waals surface area (Å²) in [6.45, 7) is 18.3. The summed E-state index contributed by atoms with van der Waals surface area (Å²) in [5.74, 6) is 2.67. The number of aliphatic imine (C=N–C) groups is 1. The van der Waals surface area contributed by atoms with Gasteiger partial charge in [0.2, 0.25) is 0 Å². The maximum atomic E-state index is 6.50. The van der Waals surface area contributed by atoms with Crippen LogP contribution in [-0.2, 0) is 6.61 Å². The molecule has 0 spiro atoms. The molecule has 0 aromatic heterocycles. The number of halogens is 1. The quantitative estimate of drug-likeness (QED) is 0.250. The number of hydrogen-bond acceptors (Lipinski definition) is 2. The minimum Gasteiger partial charge on any atom is -0.488 e. The summed E-state index contributed by atoms with van der Waals surface area (Å²) >= 11 is 3.85. The molecule has 0 bridgehead atoms. The largest absolute Gasteiger partial charge is 0.488 e. The first-order chi connectivity index (χ1) is 16.6. The van der Waals surface area contributed by atoms with Crippen LogP contribution in [0.25, 0.3) is 0 Å². The Kier molecular flexibility index (Phi) is 9.35. The van der Waals surface area contributed by atoms with E-state index in [-0.39, 0.29) is 0 Å². The molecule has 0 saturated heterocycles. The van der Waals surface area contributed by atoms with Crippen LogP contribution < -0.4 is 4.74 Å². The lowest BCUT2D eigenvalue weighted by molar-refractivity contribution is 0.296. The van der Waals surface area contributed by atoms with Crippen LogP contribution in [0, 0.1) is 0 Å². The van der Waals surface area contributed by atoms with Gasteiger partial charge in [0.25, 0.3) is 0 Å². The van der Waals surface area contributed by atoms with Gasteiger partial charge >= 0.3 is 0 Å². The summed E-state index contributed by atoms with van der Waals surface area (Å²) in [6, 6.07) is 19.4. The van der Waals surface area contributed by atoms with Gasteiger partial charge in [-0.25, -0.2) is 0 Å². The van der Waals surface area contributed by atoms with Crippen molar-refractivity contribution in [2.45, 2.75) is 85.7 Å². The second-order valence-electron chi connectivity index (χ2n) is 10.5. The average molecular weight is 535 g/mol. The molecule has 3 aromatic rings. The number of ether oxygens (including phenoxy) is 1. The molecule has 0 radical (unpaired) electrons. The highest BCUT2D eigenvalue weighted by Gasteiger charge is 2.16. The van der Waals surface area contributed by atoms with Crippen LogP contribution in [0.2, 0.25) is 0 Å². The van der Waals surface area contributed by atoms with E-state index in [1.807, 2.05) is 6.21 Å². The lowest BCUT2D eigenvalue weighted by Crippen LogP contribution is -2.05. The molecule has 0 N–H and O–H groups in total. The SMILES string of the molecule is CC(C)c1cccc(C(C)C)c1N=Cc1cccc(COc2c(C(C)C)cccc2C(C)C)c1Br. The minimum absolute atomic E-state index is 0.404. The molecular weight excluding hydrogens is 494 g/mol. The van der Waals surface area contributed by atoms with Crippen molar-refractivity contribution in [3.63, 3.8) is 0 Å². The Bertz CT molecular complexity index is 1120. The lowest BCUT2D eigenvalue weighted by Gasteiger charge is -2.20. The molecule has 0 aliphatic rings. The second-order valence-corrected chi connectivity index (χ2v) is 11.3. The summed E-state index contributed by atoms with van der Waals surface area (Å²) in [5, 5.41) is 0. The van der Waals surface area contributed by atoms with Crippen molar-refractivity contribution < 1.29 is 4.74 Å². The fourth-order valence-electron chi connectivity index (χ4n) is 4.41. The highest BCUT2D eigenvalue weighted by atomic mass is 79.9. The number of para-hydroxylation sites is 2. The summed E-state index contributed by atoms with van der Waals surface area (Å²) < 4.78 is 7.53. The summed E-state index contributed by atoms with van der Waals surface area (Å²) in [4.78, 5) is 5.02. The summed E-state index contributed by atoms with van der Waals surface area (Å²) in [7, 11) is 0. The molecular formula is C32H40BrNO. The molecule has 0 aliphatic heterocycles. The van der Waals surface area contributed by atoms with E-state index in [1.54, 1.807) is 0 Å². The van der Waals surface area contributed by atoms with E-state index in [4.69, 9.17) is 9.73 Å². The zero-order valence-corrected chi connectivity index (χ0v) is 24.1. The van der Waals surface area contributed by atoms with Crippen molar-refractivity contribution >= 4 is 27.8 Å². The van der Waals surface area contributed by atoms with Gasteiger partial charge in [0.15, 0.2) is 0 Å². The molecule has 2 nitrogen and oxygen atoms in total. The molecule has 3 aromatic carbocycles. The highest BCUT2D eigenvalue weighted by Crippen LogP contribution is 2.37. The number of hydrogen-bond donors (Lipinski definition) is 0. The number of rotatable bonds is 9. The second kappa shape index (κ2) is 12.0. The average Bonchev–Trinajstić information content (AvgIpc) is 2.81. The molecule has 0 fully saturated rings. The molecule has 0 unspecified atom stereocenters. The van der Waals surface area contributed by atoms with Gasteiger partial charge in [-0.2, -0.15) is 0 Å². The minimum atomic E-state index is 0.404. The van der Waals surface area contributed by atoms with Gasteiger partial charge in [-0.3, -0.25) is 4.99 Å². The lowest BCUT2D eigenvalue weighted by atomic mass is 9.93. The molecule has 0 heterocycles. The van der Waals surface area contributed by atoms with Gasteiger partial charge in [-0.05, 0) is 61.9 Å². The molecule has 0 atom stereocenters. The zero-order valence-electron chi connectivity index (χ0n) is 22.5. The Morgan fingerprint density at radius 1 is 0.686 bits per heavy atom. The Hall–Kier alpha value is -2.39. The first-order valence-electron chi connectivity index (χ1n) is 12.8. The predicted octanol–water partition coefficient (Wildman–Crippen LogP) is 10.3. The van der Waals surface area contributed by atoms with Crippen LogP contribution in [0.1, 0.15) is 112 Å². The maximum Gasteiger partial charge on any atom is 0.126 e. The summed E-state index contributed by atoms with van der Waals surface area (Å²) in [6.07, 6.45) is 1.99. The summed E-state index contributed by atoms with van der Waals surface area (Å²) in [5.41, 5.74) is 8.36. The molecule has 0 aliphatic carbocycles. The van der Waals surface area contributed by atoms with E-state index in [0.717, 1.165) is 27.0 Å². The standard InChI is InChI=1S/C32H40BrNO/c1-20(2)26-14-10-15-27(21(3)4)31(26)34-18-24-12-9-13-25(30(24)33)19-35-32-28(22(5)6)16-11-17-29(32)23(7)8/h9-18,20-23H,19H2,1-8H3. The fourth-order valence-corrected chi connectivity index (χ4v) is 4.89. The predicted molar refractivity (Wildman–Crippen MR) is 155 cm³/mol. The van der Waals surface area contributed by atoms with Crippen molar-refractivity contribution in [3.05, 3.63) is 92.5 Å². The molecule has 35 heavy (non-hydrogen) atoms. The van der Waals surface area contributed by atoms with Crippen LogP contribution in [0.4, 0.5) is 5.69 Å². The van der Waals surface area contributed by atoms with Crippen molar-refractivity contribution in [2.24, 2.45) is 4.99 Å². The van der Waals surface area contributed by atoms with Gasteiger partial charge in [0.05, 0.1) is 5.69 Å². The Morgan fingerprint density at radius 3 is 1.63 bits per heavy atom. The molecule has 3 rings (SSSR count). The van der Waals surface area contributed by atoms with Crippen LogP contribution in [0.15, 0.2) is 64.1 Å². The van der Waals surface area contributed by atoms with Crippen LogP contribution in [0.3, 0.4) is 0 Å². The fraction of sp³-hybridized carbons (Fsp3) is 0.406.